The van der Waals surface area contributed by atoms with E-state index in [1.165, 1.54) is 11.3 Å². The number of nitrogens with one attached hydrogen (secondary N) is 1. The molecule has 0 saturated heterocycles. The first-order valence-electron chi connectivity index (χ1n) is 4.38. The Hall–Kier alpha value is -0.0900. The summed E-state index contributed by atoms with van der Waals surface area (Å²) in [5, 5.41) is 12.8. The first-order chi connectivity index (χ1) is 6.24. The van der Waals surface area contributed by atoms with Crippen molar-refractivity contribution in [2.75, 3.05) is 13.1 Å². The van der Waals surface area contributed by atoms with Crippen LogP contribution >= 0.6 is 22.9 Å². The second kappa shape index (κ2) is 5.60. The van der Waals surface area contributed by atoms with E-state index >= 15 is 0 Å². The number of aliphatic hydroxyl groups is 1. The lowest BCUT2D eigenvalue weighted by Gasteiger charge is -2.08. The van der Waals surface area contributed by atoms with Crippen molar-refractivity contribution in [2.24, 2.45) is 0 Å². The van der Waals surface area contributed by atoms with E-state index < -0.39 is 6.10 Å². The van der Waals surface area contributed by atoms with Gasteiger partial charge in [-0.1, -0.05) is 18.5 Å². The van der Waals surface area contributed by atoms with Crippen LogP contribution in [0.15, 0.2) is 12.1 Å². The average molecular weight is 220 g/mol. The normalized spacial score (nSPS) is 13.2. The van der Waals surface area contributed by atoms with Gasteiger partial charge in [0.15, 0.2) is 0 Å². The van der Waals surface area contributed by atoms with E-state index in [2.05, 4.69) is 12.2 Å². The summed E-state index contributed by atoms with van der Waals surface area (Å²) in [5.41, 5.74) is 0. The Morgan fingerprint density at radius 2 is 2.38 bits per heavy atom. The van der Waals surface area contributed by atoms with Crippen LogP contribution in [0.2, 0.25) is 4.34 Å². The summed E-state index contributed by atoms with van der Waals surface area (Å²) >= 11 is 7.18. The molecule has 13 heavy (non-hydrogen) atoms. The summed E-state index contributed by atoms with van der Waals surface area (Å²) in [5.74, 6) is 0. The van der Waals surface area contributed by atoms with Crippen molar-refractivity contribution in [3.63, 3.8) is 0 Å². The predicted octanol–water partition coefficient (Wildman–Crippen LogP) is 2.43. The quantitative estimate of drug-likeness (QED) is 0.746. The van der Waals surface area contributed by atoms with Crippen LogP contribution in [0.4, 0.5) is 0 Å². The second-order valence-electron chi connectivity index (χ2n) is 2.86. The molecule has 1 unspecified atom stereocenters. The van der Waals surface area contributed by atoms with E-state index in [0.717, 1.165) is 22.2 Å². The molecule has 2 N–H and O–H groups in total. The Morgan fingerprint density at radius 1 is 1.62 bits per heavy atom. The number of halogens is 1. The van der Waals surface area contributed by atoms with E-state index in [9.17, 15) is 5.11 Å². The lowest BCUT2D eigenvalue weighted by molar-refractivity contribution is 0.178. The molecule has 1 rings (SSSR count). The number of hydrogen-bond donors (Lipinski definition) is 2. The molecule has 1 heterocycles. The minimum Gasteiger partial charge on any atom is -0.386 e. The highest BCUT2D eigenvalue weighted by atomic mass is 35.5. The fourth-order valence-electron chi connectivity index (χ4n) is 1.02. The van der Waals surface area contributed by atoms with Gasteiger partial charge in [-0.25, -0.2) is 0 Å². The first-order valence-corrected chi connectivity index (χ1v) is 5.57. The van der Waals surface area contributed by atoms with Gasteiger partial charge in [0.25, 0.3) is 0 Å². The van der Waals surface area contributed by atoms with Crippen LogP contribution in [0.5, 0.6) is 0 Å². The number of aliphatic hydroxyl groups excluding tert-OH is 1. The Labute approximate surface area is 87.5 Å². The standard InChI is InChI=1S/C9H14ClNOS/c1-2-5-11-6-7(12)8-3-4-9(10)13-8/h3-4,7,11-12H,2,5-6H2,1H3. The summed E-state index contributed by atoms with van der Waals surface area (Å²) in [6.45, 7) is 3.64. The largest absolute Gasteiger partial charge is 0.386 e. The number of rotatable bonds is 5. The maximum absolute atomic E-state index is 9.65. The Morgan fingerprint density at radius 3 is 2.92 bits per heavy atom. The maximum atomic E-state index is 9.65. The Kier molecular flexibility index (Phi) is 4.73. The molecular formula is C9H14ClNOS. The molecular weight excluding hydrogens is 206 g/mol. The van der Waals surface area contributed by atoms with Gasteiger partial charge in [-0.3, -0.25) is 0 Å². The summed E-state index contributed by atoms with van der Waals surface area (Å²) in [4.78, 5) is 0.925. The van der Waals surface area contributed by atoms with Gasteiger partial charge < -0.3 is 10.4 Å². The van der Waals surface area contributed by atoms with E-state index in [4.69, 9.17) is 11.6 Å². The second-order valence-corrected chi connectivity index (χ2v) is 4.61. The molecule has 0 aliphatic rings. The Balaban J connectivity index is 2.35. The molecule has 1 aromatic rings. The minimum atomic E-state index is -0.427. The van der Waals surface area contributed by atoms with E-state index in [0.29, 0.717) is 6.54 Å². The van der Waals surface area contributed by atoms with Gasteiger partial charge in [0.2, 0.25) is 0 Å². The SMILES string of the molecule is CCCNCC(O)c1ccc(Cl)s1. The van der Waals surface area contributed by atoms with Gasteiger partial charge >= 0.3 is 0 Å². The molecule has 0 aromatic carbocycles. The minimum absolute atomic E-state index is 0.427. The van der Waals surface area contributed by atoms with Crippen molar-refractivity contribution >= 4 is 22.9 Å². The molecule has 0 amide bonds. The van der Waals surface area contributed by atoms with Crippen LogP contribution in [0.25, 0.3) is 0 Å². The van der Waals surface area contributed by atoms with Gasteiger partial charge in [-0.15, -0.1) is 11.3 Å². The third-order valence-corrected chi connectivity index (χ3v) is 3.02. The lowest BCUT2D eigenvalue weighted by atomic mass is 10.3. The van der Waals surface area contributed by atoms with Crippen molar-refractivity contribution < 1.29 is 5.11 Å². The van der Waals surface area contributed by atoms with Crippen molar-refractivity contribution in [3.8, 4) is 0 Å². The van der Waals surface area contributed by atoms with Crippen LogP contribution in [0.3, 0.4) is 0 Å². The third kappa shape index (κ3) is 3.65. The van der Waals surface area contributed by atoms with Crippen LogP contribution in [-0.2, 0) is 0 Å². The number of thiophene rings is 1. The number of hydrogen-bond acceptors (Lipinski definition) is 3. The highest BCUT2D eigenvalue weighted by Crippen LogP contribution is 2.26. The monoisotopic (exact) mass is 219 g/mol. The molecule has 0 bridgehead atoms. The summed E-state index contributed by atoms with van der Waals surface area (Å²) in [7, 11) is 0. The van der Waals surface area contributed by atoms with E-state index in [1.54, 1.807) is 0 Å². The van der Waals surface area contributed by atoms with Crippen LogP contribution in [0.1, 0.15) is 24.3 Å². The zero-order valence-corrected chi connectivity index (χ0v) is 9.16. The Bertz CT molecular complexity index is 252. The van der Waals surface area contributed by atoms with Crippen LogP contribution < -0.4 is 5.32 Å². The molecule has 4 heteroatoms. The van der Waals surface area contributed by atoms with Crippen molar-refractivity contribution in [1.29, 1.82) is 0 Å². The fraction of sp³-hybridized carbons (Fsp3) is 0.556. The summed E-state index contributed by atoms with van der Waals surface area (Å²) in [6, 6.07) is 3.68. The summed E-state index contributed by atoms with van der Waals surface area (Å²) < 4.78 is 0.726. The van der Waals surface area contributed by atoms with Crippen molar-refractivity contribution in [2.45, 2.75) is 19.4 Å². The molecule has 1 aromatic heterocycles. The van der Waals surface area contributed by atoms with Gasteiger partial charge in [-0.2, -0.15) is 0 Å². The van der Waals surface area contributed by atoms with Crippen LogP contribution in [0, 0.1) is 0 Å². The molecule has 0 fully saturated rings. The average Bonchev–Trinajstić information content (AvgIpc) is 2.52. The van der Waals surface area contributed by atoms with Crippen LogP contribution in [-0.4, -0.2) is 18.2 Å². The lowest BCUT2D eigenvalue weighted by Crippen LogP contribution is -2.21. The van der Waals surface area contributed by atoms with Crippen molar-refractivity contribution in [3.05, 3.63) is 21.3 Å². The summed E-state index contributed by atoms with van der Waals surface area (Å²) in [6.07, 6.45) is 0.654. The molecule has 0 saturated carbocycles. The molecule has 0 radical (unpaired) electrons. The zero-order valence-electron chi connectivity index (χ0n) is 7.59. The van der Waals surface area contributed by atoms with Gasteiger partial charge in [-0.05, 0) is 25.1 Å². The molecule has 1 atom stereocenters. The first kappa shape index (κ1) is 11.0. The van der Waals surface area contributed by atoms with Gasteiger partial charge in [0, 0.05) is 11.4 Å². The molecule has 0 spiro atoms. The van der Waals surface area contributed by atoms with Gasteiger partial charge in [0.1, 0.15) is 6.10 Å². The van der Waals surface area contributed by atoms with E-state index in [1.807, 2.05) is 12.1 Å². The smallest absolute Gasteiger partial charge is 0.101 e. The maximum Gasteiger partial charge on any atom is 0.101 e. The van der Waals surface area contributed by atoms with Gasteiger partial charge in [0.05, 0.1) is 4.34 Å². The highest BCUT2D eigenvalue weighted by Gasteiger charge is 2.08. The molecule has 0 aliphatic carbocycles. The third-order valence-electron chi connectivity index (χ3n) is 1.69. The fourth-order valence-corrected chi connectivity index (χ4v) is 2.07. The van der Waals surface area contributed by atoms with Crippen molar-refractivity contribution in [1.82, 2.24) is 5.32 Å². The molecule has 0 aliphatic heterocycles. The predicted molar refractivity (Wildman–Crippen MR) is 57.4 cm³/mol. The zero-order chi connectivity index (χ0) is 9.68. The molecule has 2 nitrogen and oxygen atoms in total. The molecule has 74 valence electrons. The van der Waals surface area contributed by atoms with E-state index in [-0.39, 0.29) is 0 Å². The topological polar surface area (TPSA) is 32.3 Å². The highest BCUT2D eigenvalue weighted by molar-refractivity contribution is 7.16.